The maximum Gasteiger partial charge on any atom is 0.225 e. The van der Waals surface area contributed by atoms with E-state index in [1.54, 1.807) is 14.0 Å². The van der Waals surface area contributed by atoms with Crippen molar-refractivity contribution in [3.8, 4) is 0 Å². The fraction of sp³-hybridized carbons (Fsp3) is 0.652. The molecule has 1 aromatic rings. The van der Waals surface area contributed by atoms with Gasteiger partial charge in [0.2, 0.25) is 11.8 Å². The fourth-order valence-electron chi connectivity index (χ4n) is 4.56. The molecule has 6 heteroatoms. The molecule has 0 saturated carbocycles. The highest BCUT2D eigenvalue weighted by molar-refractivity contribution is 5.79. The van der Waals surface area contributed by atoms with Crippen LogP contribution in [0.25, 0.3) is 0 Å². The summed E-state index contributed by atoms with van der Waals surface area (Å²) >= 11 is 0. The van der Waals surface area contributed by atoms with Gasteiger partial charge < -0.3 is 19.4 Å². The molecule has 2 aliphatic rings. The third kappa shape index (κ3) is 6.28. The lowest BCUT2D eigenvalue weighted by atomic mass is 9.95. The van der Waals surface area contributed by atoms with Gasteiger partial charge in [-0.25, -0.2) is 0 Å². The van der Waals surface area contributed by atoms with E-state index in [1.165, 1.54) is 5.56 Å². The lowest BCUT2D eigenvalue weighted by Crippen LogP contribution is -2.45. The minimum Gasteiger partial charge on any atom is -0.384 e. The quantitative estimate of drug-likeness (QED) is 0.731. The summed E-state index contributed by atoms with van der Waals surface area (Å²) in [7, 11) is 1.74. The molecule has 0 aliphatic carbocycles. The number of hydrogen-bond donors (Lipinski definition) is 0. The Labute approximate surface area is 174 Å². The van der Waals surface area contributed by atoms with Crippen molar-refractivity contribution in [2.45, 2.75) is 26.2 Å². The maximum absolute atomic E-state index is 13.2. The highest BCUT2D eigenvalue weighted by atomic mass is 16.5. The highest BCUT2D eigenvalue weighted by Crippen LogP contribution is 2.22. The van der Waals surface area contributed by atoms with Gasteiger partial charge in [0.1, 0.15) is 0 Å². The van der Waals surface area contributed by atoms with Crippen LogP contribution in [0.5, 0.6) is 0 Å². The SMILES string of the molecule is COC[C@H]1CN(CCc2ccccc2)CCN(C(=O)C2CCN(C(C)=O)CC2)C1. The molecule has 0 radical (unpaired) electrons. The van der Waals surface area contributed by atoms with Gasteiger partial charge in [-0.15, -0.1) is 0 Å². The number of nitrogens with zero attached hydrogens (tertiary/aromatic N) is 3. The number of rotatable bonds is 6. The van der Waals surface area contributed by atoms with Gasteiger partial charge in [-0.05, 0) is 24.8 Å². The molecule has 0 aromatic heterocycles. The molecule has 0 bridgehead atoms. The number of ether oxygens (including phenoxy) is 1. The maximum atomic E-state index is 13.2. The van der Waals surface area contributed by atoms with Crippen LogP contribution >= 0.6 is 0 Å². The smallest absolute Gasteiger partial charge is 0.225 e. The summed E-state index contributed by atoms with van der Waals surface area (Å²) in [5.74, 6) is 0.753. The first-order valence-corrected chi connectivity index (χ1v) is 10.9. The normalized spacial score (nSPS) is 21.8. The number of benzene rings is 1. The first kappa shape index (κ1) is 21.8. The Bertz CT molecular complexity index is 659. The topological polar surface area (TPSA) is 53.1 Å². The molecule has 2 fully saturated rings. The molecule has 2 amide bonds. The second-order valence-corrected chi connectivity index (χ2v) is 8.42. The molecule has 1 atom stereocenters. The number of amides is 2. The first-order chi connectivity index (χ1) is 14.1. The van der Waals surface area contributed by atoms with Gasteiger partial charge in [-0.1, -0.05) is 30.3 Å². The Balaban J connectivity index is 1.56. The second kappa shape index (κ2) is 10.7. The zero-order valence-corrected chi connectivity index (χ0v) is 17.9. The minimum absolute atomic E-state index is 0.0460. The third-order valence-corrected chi connectivity index (χ3v) is 6.24. The number of carbonyl (C=O) groups excluding carboxylic acids is 2. The van der Waals surface area contributed by atoms with Crippen LogP contribution in [-0.2, 0) is 20.7 Å². The van der Waals surface area contributed by atoms with Gasteiger partial charge in [-0.3, -0.25) is 9.59 Å². The van der Waals surface area contributed by atoms with E-state index in [9.17, 15) is 9.59 Å². The summed E-state index contributed by atoms with van der Waals surface area (Å²) in [4.78, 5) is 31.1. The van der Waals surface area contributed by atoms with Crippen molar-refractivity contribution in [2.75, 3.05) is 59.5 Å². The van der Waals surface area contributed by atoms with Gasteiger partial charge in [-0.2, -0.15) is 0 Å². The van der Waals surface area contributed by atoms with Crippen molar-refractivity contribution in [2.24, 2.45) is 11.8 Å². The lowest BCUT2D eigenvalue weighted by molar-refractivity contribution is -0.140. The van der Waals surface area contributed by atoms with E-state index < -0.39 is 0 Å². The molecule has 29 heavy (non-hydrogen) atoms. The standard InChI is InChI=1S/C23H35N3O3/c1-19(27)25-12-9-22(10-13-25)23(28)26-15-14-24(16-21(17-26)18-29-2)11-8-20-6-4-3-5-7-20/h3-7,21-22H,8-18H2,1-2H3/t21-/m0/s1. The van der Waals surface area contributed by atoms with Crippen LogP contribution in [0.15, 0.2) is 30.3 Å². The summed E-state index contributed by atoms with van der Waals surface area (Å²) in [6.07, 6.45) is 2.58. The first-order valence-electron chi connectivity index (χ1n) is 10.9. The molecule has 0 N–H and O–H groups in total. The van der Waals surface area contributed by atoms with E-state index in [2.05, 4.69) is 40.1 Å². The van der Waals surface area contributed by atoms with Crippen molar-refractivity contribution >= 4 is 11.8 Å². The Kier molecular flexibility index (Phi) is 8.07. The Morgan fingerprint density at radius 1 is 1.00 bits per heavy atom. The van der Waals surface area contributed by atoms with Crippen molar-refractivity contribution < 1.29 is 14.3 Å². The minimum atomic E-state index is 0.0460. The molecular formula is C23H35N3O3. The Morgan fingerprint density at radius 3 is 2.38 bits per heavy atom. The van der Waals surface area contributed by atoms with Crippen molar-refractivity contribution in [1.82, 2.24) is 14.7 Å². The average molecular weight is 402 g/mol. The number of likely N-dealkylation sites (tertiary alicyclic amines) is 1. The third-order valence-electron chi connectivity index (χ3n) is 6.24. The monoisotopic (exact) mass is 401 g/mol. The number of methoxy groups -OCH3 is 1. The summed E-state index contributed by atoms with van der Waals surface area (Å²) in [6, 6.07) is 10.6. The van der Waals surface area contributed by atoms with E-state index in [-0.39, 0.29) is 17.7 Å². The molecule has 0 unspecified atom stereocenters. The van der Waals surface area contributed by atoms with Gasteiger partial charge in [0, 0.05) is 71.7 Å². The Hall–Kier alpha value is -1.92. The van der Waals surface area contributed by atoms with Crippen LogP contribution in [0.3, 0.4) is 0 Å². The van der Waals surface area contributed by atoms with Crippen LogP contribution in [0.1, 0.15) is 25.3 Å². The summed E-state index contributed by atoms with van der Waals surface area (Å²) in [6.45, 7) is 8.10. The van der Waals surface area contributed by atoms with Gasteiger partial charge in [0.15, 0.2) is 0 Å². The highest BCUT2D eigenvalue weighted by Gasteiger charge is 2.32. The molecule has 6 nitrogen and oxygen atoms in total. The fourth-order valence-corrected chi connectivity index (χ4v) is 4.56. The molecule has 3 rings (SSSR count). The predicted molar refractivity (Wildman–Crippen MR) is 114 cm³/mol. The van der Waals surface area contributed by atoms with Gasteiger partial charge >= 0.3 is 0 Å². The van der Waals surface area contributed by atoms with Crippen LogP contribution in [0.4, 0.5) is 0 Å². The predicted octanol–water partition coefficient (Wildman–Crippen LogP) is 1.89. The van der Waals surface area contributed by atoms with E-state index >= 15 is 0 Å². The molecule has 2 heterocycles. The van der Waals surface area contributed by atoms with E-state index in [1.807, 2.05) is 4.90 Å². The largest absolute Gasteiger partial charge is 0.384 e. The summed E-state index contributed by atoms with van der Waals surface area (Å²) in [5, 5.41) is 0. The van der Waals surface area contributed by atoms with Crippen molar-refractivity contribution in [1.29, 1.82) is 0 Å². The van der Waals surface area contributed by atoms with Gasteiger partial charge in [0.05, 0.1) is 6.61 Å². The zero-order chi connectivity index (χ0) is 20.6. The zero-order valence-electron chi connectivity index (χ0n) is 17.9. The van der Waals surface area contributed by atoms with E-state index in [0.29, 0.717) is 25.6 Å². The van der Waals surface area contributed by atoms with Crippen LogP contribution in [0, 0.1) is 11.8 Å². The molecule has 1 aromatic carbocycles. The average Bonchev–Trinajstić information content (AvgIpc) is 2.95. The van der Waals surface area contributed by atoms with E-state index in [4.69, 9.17) is 4.74 Å². The van der Waals surface area contributed by atoms with Crippen LogP contribution < -0.4 is 0 Å². The number of carbonyl (C=O) groups is 2. The lowest BCUT2D eigenvalue weighted by Gasteiger charge is -2.34. The van der Waals surface area contributed by atoms with Crippen molar-refractivity contribution in [3.05, 3.63) is 35.9 Å². The molecular weight excluding hydrogens is 366 g/mol. The molecule has 160 valence electrons. The molecule has 2 saturated heterocycles. The summed E-state index contributed by atoms with van der Waals surface area (Å²) < 4.78 is 5.45. The number of hydrogen-bond acceptors (Lipinski definition) is 4. The Morgan fingerprint density at radius 2 is 1.72 bits per heavy atom. The molecule has 0 spiro atoms. The number of piperidine rings is 1. The summed E-state index contributed by atoms with van der Waals surface area (Å²) in [5.41, 5.74) is 1.35. The van der Waals surface area contributed by atoms with E-state index in [0.717, 1.165) is 52.0 Å². The van der Waals surface area contributed by atoms with Crippen LogP contribution in [0.2, 0.25) is 0 Å². The second-order valence-electron chi connectivity index (χ2n) is 8.42. The van der Waals surface area contributed by atoms with Crippen LogP contribution in [-0.4, -0.2) is 86.0 Å². The van der Waals surface area contributed by atoms with Gasteiger partial charge in [0.25, 0.3) is 0 Å². The molecule has 2 aliphatic heterocycles. The van der Waals surface area contributed by atoms with Crippen molar-refractivity contribution in [3.63, 3.8) is 0 Å².